The van der Waals surface area contributed by atoms with Crippen molar-refractivity contribution in [1.82, 2.24) is 9.78 Å². The van der Waals surface area contributed by atoms with E-state index in [1.807, 2.05) is 18.5 Å². The Labute approximate surface area is 129 Å². The smallest absolute Gasteiger partial charge is 0.265 e. The van der Waals surface area contributed by atoms with Crippen LogP contribution in [0.3, 0.4) is 0 Å². The summed E-state index contributed by atoms with van der Waals surface area (Å²) < 4.78 is 2.56. The van der Waals surface area contributed by atoms with Crippen molar-refractivity contribution in [2.24, 2.45) is 0 Å². The van der Waals surface area contributed by atoms with Crippen LogP contribution in [0.15, 0.2) is 22.7 Å². The van der Waals surface area contributed by atoms with E-state index in [4.69, 9.17) is 11.6 Å². The average molecular weight is 359 g/mol. The summed E-state index contributed by atoms with van der Waals surface area (Å²) in [5.74, 6) is 0.430. The van der Waals surface area contributed by atoms with Crippen molar-refractivity contribution >= 4 is 33.2 Å². The molecule has 0 saturated heterocycles. The van der Waals surface area contributed by atoms with Gasteiger partial charge in [0.25, 0.3) is 5.69 Å². The van der Waals surface area contributed by atoms with Crippen LogP contribution in [0.2, 0.25) is 0 Å². The van der Waals surface area contributed by atoms with Crippen LogP contribution in [0, 0.1) is 24.0 Å². The molecule has 0 N–H and O–H groups in total. The first-order valence-electron chi connectivity index (χ1n) is 5.95. The number of benzene rings is 1. The molecule has 0 amide bonds. The normalized spacial score (nSPS) is 10.8. The summed E-state index contributed by atoms with van der Waals surface area (Å²) in [5.41, 5.74) is 3.96. The maximum absolute atomic E-state index is 10.7. The van der Waals surface area contributed by atoms with Crippen molar-refractivity contribution in [2.45, 2.75) is 26.3 Å². The van der Waals surface area contributed by atoms with Gasteiger partial charge >= 0.3 is 0 Å². The zero-order valence-corrected chi connectivity index (χ0v) is 13.4. The molecule has 1 aromatic carbocycles. The second kappa shape index (κ2) is 5.93. The Hall–Kier alpha value is -1.40. The monoisotopic (exact) mass is 357 g/mol. The topological polar surface area (TPSA) is 61.0 Å². The molecule has 2 rings (SSSR count). The number of alkyl halides is 1. The first kappa shape index (κ1) is 15.0. The van der Waals surface area contributed by atoms with Crippen LogP contribution in [0.4, 0.5) is 5.69 Å². The number of nitro benzene ring substituents is 1. The quantitative estimate of drug-likeness (QED) is 0.472. The van der Waals surface area contributed by atoms with E-state index in [0.717, 1.165) is 22.5 Å². The molecule has 5 nitrogen and oxygen atoms in total. The lowest BCUT2D eigenvalue weighted by molar-refractivity contribution is -0.384. The molecule has 0 spiro atoms. The van der Waals surface area contributed by atoms with Gasteiger partial charge in [-0.3, -0.25) is 14.8 Å². The summed E-state index contributed by atoms with van der Waals surface area (Å²) >= 11 is 9.27. The van der Waals surface area contributed by atoms with E-state index in [1.165, 1.54) is 12.1 Å². The SMILES string of the molecule is Cc1nn(Cc2ccc([N+](=O)[O-])cc2Br)c(C)c1CCl. The lowest BCUT2D eigenvalue weighted by Gasteiger charge is -2.07. The van der Waals surface area contributed by atoms with E-state index in [0.29, 0.717) is 16.9 Å². The van der Waals surface area contributed by atoms with E-state index in [1.54, 1.807) is 6.07 Å². The highest BCUT2D eigenvalue weighted by molar-refractivity contribution is 9.10. The highest BCUT2D eigenvalue weighted by atomic mass is 79.9. The van der Waals surface area contributed by atoms with Crippen molar-refractivity contribution in [2.75, 3.05) is 0 Å². The summed E-state index contributed by atoms with van der Waals surface area (Å²) in [7, 11) is 0. The van der Waals surface area contributed by atoms with Gasteiger partial charge in [0.15, 0.2) is 0 Å². The lowest BCUT2D eigenvalue weighted by atomic mass is 10.2. The molecule has 7 heteroatoms. The van der Waals surface area contributed by atoms with Crippen LogP contribution in [-0.4, -0.2) is 14.7 Å². The summed E-state index contributed by atoms with van der Waals surface area (Å²) in [6, 6.07) is 4.73. The third-order valence-corrected chi connectivity index (χ3v) is 4.24. The molecule has 0 unspecified atom stereocenters. The van der Waals surface area contributed by atoms with Gasteiger partial charge in [-0.25, -0.2) is 0 Å². The number of non-ortho nitro benzene ring substituents is 1. The van der Waals surface area contributed by atoms with Gasteiger partial charge in [-0.2, -0.15) is 5.10 Å². The summed E-state index contributed by atoms with van der Waals surface area (Å²) in [6.07, 6.45) is 0. The highest BCUT2D eigenvalue weighted by Gasteiger charge is 2.13. The number of hydrogen-bond donors (Lipinski definition) is 0. The van der Waals surface area contributed by atoms with Gasteiger partial charge in [-0.1, -0.05) is 15.9 Å². The van der Waals surface area contributed by atoms with Gasteiger partial charge in [-0.15, -0.1) is 11.6 Å². The Bertz CT molecular complexity index is 670. The van der Waals surface area contributed by atoms with E-state index in [-0.39, 0.29) is 5.69 Å². The van der Waals surface area contributed by atoms with Crippen LogP contribution in [0.25, 0.3) is 0 Å². The first-order chi connectivity index (χ1) is 9.43. The van der Waals surface area contributed by atoms with E-state index in [9.17, 15) is 10.1 Å². The average Bonchev–Trinajstić information content (AvgIpc) is 2.66. The second-order valence-corrected chi connectivity index (χ2v) is 5.60. The number of aromatic nitrogens is 2. The maximum atomic E-state index is 10.7. The van der Waals surface area contributed by atoms with E-state index >= 15 is 0 Å². The molecule has 0 fully saturated rings. The minimum atomic E-state index is -0.413. The molecule has 1 heterocycles. The molecule has 0 aliphatic rings. The molecule has 1 aromatic heterocycles. The molecule has 0 saturated carbocycles. The third-order valence-electron chi connectivity index (χ3n) is 3.23. The summed E-state index contributed by atoms with van der Waals surface area (Å²) in [5, 5.41) is 15.2. The fraction of sp³-hybridized carbons (Fsp3) is 0.308. The second-order valence-electron chi connectivity index (χ2n) is 4.47. The number of halogens is 2. The van der Waals surface area contributed by atoms with Crippen molar-refractivity contribution in [1.29, 1.82) is 0 Å². The summed E-state index contributed by atoms with van der Waals surface area (Å²) in [6.45, 7) is 4.44. The predicted molar refractivity (Wildman–Crippen MR) is 81.2 cm³/mol. The third kappa shape index (κ3) is 2.86. The maximum Gasteiger partial charge on any atom is 0.270 e. The van der Waals surface area contributed by atoms with Gasteiger partial charge in [0, 0.05) is 27.9 Å². The number of hydrogen-bond acceptors (Lipinski definition) is 3. The molecular formula is C13H13BrClN3O2. The van der Waals surface area contributed by atoms with E-state index < -0.39 is 4.92 Å². The molecule has 0 atom stereocenters. The largest absolute Gasteiger partial charge is 0.270 e. The number of nitrogens with zero attached hydrogens (tertiary/aromatic N) is 3. The van der Waals surface area contributed by atoms with Gasteiger partial charge in [0.2, 0.25) is 0 Å². The molecular weight excluding hydrogens is 346 g/mol. The van der Waals surface area contributed by atoms with Crippen molar-refractivity contribution < 1.29 is 4.92 Å². The fourth-order valence-corrected chi connectivity index (χ4v) is 2.90. The van der Waals surface area contributed by atoms with Crippen molar-refractivity contribution in [3.8, 4) is 0 Å². The number of aryl methyl sites for hydroxylation is 1. The minimum absolute atomic E-state index is 0.0652. The summed E-state index contributed by atoms with van der Waals surface area (Å²) in [4.78, 5) is 10.3. The Morgan fingerprint density at radius 2 is 2.15 bits per heavy atom. The predicted octanol–water partition coefficient (Wildman–Crippen LogP) is 3.96. The molecule has 0 aliphatic carbocycles. The number of nitro groups is 1. The molecule has 106 valence electrons. The molecule has 2 aromatic rings. The molecule has 0 bridgehead atoms. The molecule has 0 aliphatic heterocycles. The van der Waals surface area contributed by atoms with Gasteiger partial charge in [0.1, 0.15) is 0 Å². The van der Waals surface area contributed by atoms with Crippen LogP contribution in [-0.2, 0) is 12.4 Å². The fourth-order valence-electron chi connectivity index (χ4n) is 2.02. The van der Waals surface area contributed by atoms with Crippen molar-refractivity contribution in [3.63, 3.8) is 0 Å². The van der Waals surface area contributed by atoms with Crippen LogP contribution >= 0.6 is 27.5 Å². The Morgan fingerprint density at radius 1 is 1.45 bits per heavy atom. The molecule has 20 heavy (non-hydrogen) atoms. The Balaban J connectivity index is 2.33. The lowest BCUT2D eigenvalue weighted by Crippen LogP contribution is -2.05. The minimum Gasteiger partial charge on any atom is -0.265 e. The van der Waals surface area contributed by atoms with Crippen molar-refractivity contribution in [3.05, 3.63) is 55.3 Å². The van der Waals surface area contributed by atoms with Crippen LogP contribution < -0.4 is 0 Å². The highest BCUT2D eigenvalue weighted by Crippen LogP contribution is 2.25. The van der Waals surface area contributed by atoms with Crippen LogP contribution in [0.5, 0.6) is 0 Å². The van der Waals surface area contributed by atoms with Crippen LogP contribution in [0.1, 0.15) is 22.5 Å². The van der Waals surface area contributed by atoms with Gasteiger partial charge < -0.3 is 0 Å². The zero-order valence-electron chi connectivity index (χ0n) is 11.1. The standard InChI is InChI=1S/C13H13BrClN3O2/c1-8-12(6-15)9(2)17(16-8)7-10-3-4-11(18(19)20)5-13(10)14/h3-5H,6-7H2,1-2H3. The van der Waals surface area contributed by atoms with Gasteiger partial charge in [-0.05, 0) is 25.5 Å². The zero-order chi connectivity index (χ0) is 14.9. The molecule has 0 radical (unpaired) electrons. The Kier molecular flexibility index (Phi) is 4.45. The number of rotatable bonds is 4. The Morgan fingerprint density at radius 3 is 2.65 bits per heavy atom. The van der Waals surface area contributed by atoms with E-state index in [2.05, 4.69) is 21.0 Å². The first-order valence-corrected chi connectivity index (χ1v) is 7.28. The van der Waals surface area contributed by atoms with Gasteiger partial charge in [0.05, 0.1) is 23.0 Å².